The molecule has 1 saturated carbocycles. The number of fused-ring (bicyclic) bond motifs is 1. The maximum atomic E-state index is 11.2. The molecule has 0 bridgehead atoms. The molecule has 1 fully saturated rings. The Morgan fingerprint density at radius 1 is 1.33 bits per heavy atom. The molecule has 98 valence electrons. The first-order chi connectivity index (χ1) is 8.66. The molecule has 0 amide bonds. The maximum Gasteiger partial charge on any atom is 0.356 e. The molecule has 0 radical (unpaired) electrons. The standard InChI is InChI=1S/C13H19N3O2/c1-9-14-12(13(17)18)11-8-15(6-7-16(9)11)10-4-2-3-5-10/h10H,2-8H2,1H3,(H,17,18). The summed E-state index contributed by atoms with van der Waals surface area (Å²) in [5, 5.41) is 9.21. The molecule has 1 aromatic heterocycles. The summed E-state index contributed by atoms with van der Waals surface area (Å²) in [6.45, 7) is 4.53. The van der Waals surface area contributed by atoms with Crippen molar-refractivity contribution < 1.29 is 9.90 Å². The van der Waals surface area contributed by atoms with Crippen LogP contribution in [0.4, 0.5) is 0 Å². The van der Waals surface area contributed by atoms with Crippen LogP contribution >= 0.6 is 0 Å². The summed E-state index contributed by atoms with van der Waals surface area (Å²) in [7, 11) is 0. The van der Waals surface area contributed by atoms with Gasteiger partial charge in [-0.15, -0.1) is 0 Å². The SMILES string of the molecule is Cc1nc(C(=O)O)c2n1CCN(C1CCCC1)C2. The third kappa shape index (κ3) is 1.82. The largest absolute Gasteiger partial charge is 0.476 e. The van der Waals surface area contributed by atoms with Crippen LogP contribution in [0.2, 0.25) is 0 Å². The molecule has 0 unspecified atom stereocenters. The predicted molar refractivity (Wildman–Crippen MR) is 66.6 cm³/mol. The first-order valence-electron chi connectivity index (χ1n) is 6.70. The molecule has 0 saturated heterocycles. The lowest BCUT2D eigenvalue weighted by Crippen LogP contribution is -2.40. The zero-order chi connectivity index (χ0) is 12.7. The minimum atomic E-state index is -0.903. The van der Waals surface area contributed by atoms with Crippen molar-refractivity contribution in [2.24, 2.45) is 0 Å². The second kappa shape index (κ2) is 4.39. The van der Waals surface area contributed by atoms with Gasteiger partial charge in [0.1, 0.15) is 5.82 Å². The van der Waals surface area contributed by atoms with Gasteiger partial charge in [0.05, 0.1) is 5.69 Å². The zero-order valence-electron chi connectivity index (χ0n) is 10.7. The smallest absolute Gasteiger partial charge is 0.356 e. The molecule has 0 spiro atoms. The third-order valence-corrected chi connectivity index (χ3v) is 4.27. The minimum Gasteiger partial charge on any atom is -0.476 e. The van der Waals surface area contributed by atoms with E-state index in [1.807, 2.05) is 6.92 Å². The maximum absolute atomic E-state index is 11.2. The number of rotatable bonds is 2. The minimum absolute atomic E-state index is 0.246. The van der Waals surface area contributed by atoms with E-state index in [-0.39, 0.29) is 5.69 Å². The Balaban J connectivity index is 1.88. The van der Waals surface area contributed by atoms with Crippen LogP contribution in [0.1, 0.15) is 47.7 Å². The average Bonchev–Trinajstić information content (AvgIpc) is 2.97. The van der Waals surface area contributed by atoms with Crippen LogP contribution in [-0.4, -0.2) is 38.1 Å². The molecule has 18 heavy (non-hydrogen) atoms. The first-order valence-corrected chi connectivity index (χ1v) is 6.70. The van der Waals surface area contributed by atoms with Crippen molar-refractivity contribution in [3.8, 4) is 0 Å². The fourth-order valence-corrected chi connectivity index (χ4v) is 3.32. The van der Waals surface area contributed by atoms with Crippen molar-refractivity contribution in [2.75, 3.05) is 6.54 Å². The van der Waals surface area contributed by atoms with E-state index in [4.69, 9.17) is 0 Å². The zero-order valence-corrected chi connectivity index (χ0v) is 10.7. The Kier molecular flexibility index (Phi) is 2.86. The van der Waals surface area contributed by atoms with E-state index in [9.17, 15) is 9.90 Å². The van der Waals surface area contributed by atoms with Gasteiger partial charge in [-0.05, 0) is 19.8 Å². The summed E-state index contributed by atoms with van der Waals surface area (Å²) in [6.07, 6.45) is 5.14. The Morgan fingerprint density at radius 3 is 2.72 bits per heavy atom. The summed E-state index contributed by atoms with van der Waals surface area (Å²) in [5.74, 6) is -0.0754. The number of nitrogens with zero attached hydrogens (tertiary/aromatic N) is 3. The van der Waals surface area contributed by atoms with E-state index in [1.54, 1.807) is 0 Å². The van der Waals surface area contributed by atoms with Crippen molar-refractivity contribution >= 4 is 5.97 Å². The summed E-state index contributed by atoms with van der Waals surface area (Å²) in [4.78, 5) is 17.8. The fraction of sp³-hybridized carbons (Fsp3) is 0.692. The summed E-state index contributed by atoms with van der Waals surface area (Å²) in [5.41, 5.74) is 1.13. The molecule has 5 heteroatoms. The molecular formula is C13H19N3O2. The number of carbonyl (C=O) groups is 1. The monoisotopic (exact) mass is 249 g/mol. The van der Waals surface area contributed by atoms with Crippen molar-refractivity contribution in [2.45, 2.75) is 51.7 Å². The van der Waals surface area contributed by atoms with Crippen LogP contribution in [0, 0.1) is 6.92 Å². The van der Waals surface area contributed by atoms with Gasteiger partial charge in [-0.1, -0.05) is 12.8 Å². The van der Waals surface area contributed by atoms with Crippen LogP contribution in [0.3, 0.4) is 0 Å². The highest BCUT2D eigenvalue weighted by atomic mass is 16.4. The molecule has 5 nitrogen and oxygen atoms in total. The quantitative estimate of drug-likeness (QED) is 0.865. The predicted octanol–water partition coefficient (Wildman–Crippen LogP) is 1.65. The molecule has 2 aliphatic rings. The molecular weight excluding hydrogens is 230 g/mol. The van der Waals surface area contributed by atoms with Crippen molar-refractivity contribution in [3.05, 3.63) is 17.2 Å². The van der Waals surface area contributed by atoms with Gasteiger partial charge in [0.15, 0.2) is 5.69 Å². The number of aryl methyl sites for hydroxylation is 1. The van der Waals surface area contributed by atoms with Gasteiger partial charge in [0, 0.05) is 25.7 Å². The van der Waals surface area contributed by atoms with Gasteiger partial charge in [-0.3, -0.25) is 4.90 Å². The molecule has 0 aromatic carbocycles. The average molecular weight is 249 g/mol. The van der Waals surface area contributed by atoms with Crippen LogP contribution < -0.4 is 0 Å². The Labute approximate surface area is 106 Å². The van der Waals surface area contributed by atoms with Crippen LogP contribution in [0.15, 0.2) is 0 Å². The van der Waals surface area contributed by atoms with Crippen LogP contribution in [0.5, 0.6) is 0 Å². The number of hydrogen-bond donors (Lipinski definition) is 1. The number of aromatic nitrogens is 2. The second-order valence-corrected chi connectivity index (χ2v) is 5.32. The number of carboxylic acid groups (broad SMARTS) is 1. The topological polar surface area (TPSA) is 58.4 Å². The van der Waals surface area contributed by atoms with Gasteiger partial charge in [-0.25, -0.2) is 9.78 Å². The lowest BCUT2D eigenvalue weighted by atomic mass is 10.1. The normalized spacial score (nSPS) is 21.2. The fourth-order valence-electron chi connectivity index (χ4n) is 3.32. The highest BCUT2D eigenvalue weighted by Crippen LogP contribution is 2.28. The van der Waals surface area contributed by atoms with Gasteiger partial charge in [0.2, 0.25) is 0 Å². The van der Waals surface area contributed by atoms with E-state index in [2.05, 4.69) is 14.5 Å². The van der Waals surface area contributed by atoms with Crippen molar-refractivity contribution in [3.63, 3.8) is 0 Å². The summed E-state index contributed by atoms with van der Waals surface area (Å²) in [6, 6.07) is 0.649. The van der Waals surface area contributed by atoms with E-state index in [0.717, 1.165) is 31.2 Å². The van der Waals surface area contributed by atoms with Gasteiger partial charge >= 0.3 is 5.97 Å². The van der Waals surface area contributed by atoms with Crippen LogP contribution in [-0.2, 0) is 13.1 Å². The van der Waals surface area contributed by atoms with E-state index >= 15 is 0 Å². The number of hydrogen-bond acceptors (Lipinski definition) is 3. The molecule has 1 aromatic rings. The van der Waals surface area contributed by atoms with E-state index in [1.165, 1.54) is 25.7 Å². The molecule has 2 heterocycles. The molecule has 0 atom stereocenters. The van der Waals surface area contributed by atoms with Gasteiger partial charge < -0.3 is 9.67 Å². The Bertz CT molecular complexity index is 475. The number of aromatic carboxylic acids is 1. The number of carboxylic acids is 1. The summed E-state index contributed by atoms with van der Waals surface area (Å²) >= 11 is 0. The molecule has 1 N–H and O–H groups in total. The van der Waals surface area contributed by atoms with Crippen molar-refractivity contribution in [1.29, 1.82) is 0 Å². The highest BCUT2D eigenvalue weighted by molar-refractivity contribution is 5.86. The molecule has 1 aliphatic heterocycles. The molecule has 1 aliphatic carbocycles. The second-order valence-electron chi connectivity index (χ2n) is 5.32. The third-order valence-electron chi connectivity index (χ3n) is 4.27. The van der Waals surface area contributed by atoms with Gasteiger partial charge in [0.25, 0.3) is 0 Å². The van der Waals surface area contributed by atoms with Crippen LogP contribution in [0.25, 0.3) is 0 Å². The highest BCUT2D eigenvalue weighted by Gasteiger charge is 2.30. The Hall–Kier alpha value is -1.36. The lowest BCUT2D eigenvalue weighted by molar-refractivity contribution is 0.0685. The molecule has 3 rings (SSSR count). The Morgan fingerprint density at radius 2 is 2.06 bits per heavy atom. The van der Waals surface area contributed by atoms with E-state index in [0.29, 0.717) is 6.04 Å². The van der Waals surface area contributed by atoms with Crippen molar-refractivity contribution in [1.82, 2.24) is 14.5 Å². The van der Waals surface area contributed by atoms with Gasteiger partial charge in [-0.2, -0.15) is 0 Å². The lowest BCUT2D eigenvalue weighted by Gasteiger charge is -2.33. The number of imidazole rings is 1. The first kappa shape index (κ1) is 11.7. The van der Waals surface area contributed by atoms with E-state index < -0.39 is 5.97 Å². The summed E-state index contributed by atoms with van der Waals surface area (Å²) < 4.78 is 2.06.